The largest absolute Gasteiger partial charge is 0.493 e. The monoisotopic (exact) mass is 363 g/mol. The molecule has 1 aliphatic heterocycles. The molecule has 138 valence electrons. The van der Waals surface area contributed by atoms with Crippen molar-refractivity contribution in [3.05, 3.63) is 66.1 Å². The van der Waals surface area contributed by atoms with Crippen LogP contribution in [0.5, 0.6) is 5.75 Å². The third-order valence-electron chi connectivity index (χ3n) is 4.59. The summed E-state index contributed by atoms with van der Waals surface area (Å²) < 4.78 is 10.9. The van der Waals surface area contributed by atoms with Gasteiger partial charge in [-0.05, 0) is 12.5 Å². The van der Waals surface area contributed by atoms with Crippen LogP contribution in [0.15, 0.2) is 59.1 Å². The van der Waals surface area contributed by atoms with Gasteiger partial charge in [0.25, 0.3) is 0 Å². The predicted molar refractivity (Wildman–Crippen MR) is 100 cm³/mol. The van der Waals surface area contributed by atoms with Gasteiger partial charge in [0, 0.05) is 30.4 Å². The number of para-hydroxylation sites is 1. The molecule has 1 aliphatic rings. The minimum atomic E-state index is 0.00976. The molecule has 2 aromatic carbocycles. The summed E-state index contributed by atoms with van der Waals surface area (Å²) in [6, 6.07) is 17.5. The Morgan fingerprint density at radius 2 is 1.93 bits per heavy atom. The summed E-state index contributed by atoms with van der Waals surface area (Å²) in [6.45, 7) is 0.617. The highest BCUT2D eigenvalue weighted by atomic mass is 16.5. The molecule has 1 aromatic heterocycles. The van der Waals surface area contributed by atoms with Gasteiger partial charge in [-0.2, -0.15) is 4.98 Å². The standard InChI is InChI=1S/C21H21N3O3/c25-19(22-17-13-14-26-18-10-5-4-9-16(17)18)11-6-12-20-23-21(24-27-20)15-7-2-1-3-8-15/h1-5,7-10,17H,6,11-14H2,(H,22,25)/t17-/m0/s1. The molecule has 6 nitrogen and oxygen atoms in total. The highest BCUT2D eigenvalue weighted by molar-refractivity contribution is 5.76. The minimum absolute atomic E-state index is 0.00976. The molecule has 0 aliphatic carbocycles. The Balaban J connectivity index is 1.28. The van der Waals surface area contributed by atoms with Crippen molar-refractivity contribution in [1.82, 2.24) is 15.5 Å². The number of ether oxygens (including phenoxy) is 1. The number of fused-ring (bicyclic) bond motifs is 1. The maximum Gasteiger partial charge on any atom is 0.226 e. The van der Waals surface area contributed by atoms with E-state index in [0.717, 1.165) is 23.3 Å². The highest BCUT2D eigenvalue weighted by Crippen LogP contribution is 2.31. The number of nitrogens with zero attached hydrogens (tertiary/aromatic N) is 2. The van der Waals surface area contributed by atoms with Gasteiger partial charge in [-0.15, -0.1) is 0 Å². The van der Waals surface area contributed by atoms with Crippen LogP contribution in [0.1, 0.15) is 36.8 Å². The molecule has 0 saturated carbocycles. The Labute approximate surface area is 157 Å². The molecule has 1 N–H and O–H groups in total. The lowest BCUT2D eigenvalue weighted by Gasteiger charge is -2.26. The fourth-order valence-corrected chi connectivity index (χ4v) is 3.22. The summed E-state index contributed by atoms with van der Waals surface area (Å²) >= 11 is 0. The van der Waals surface area contributed by atoms with E-state index in [1.807, 2.05) is 54.6 Å². The van der Waals surface area contributed by atoms with Crippen molar-refractivity contribution >= 4 is 5.91 Å². The van der Waals surface area contributed by atoms with Crippen molar-refractivity contribution in [3.8, 4) is 17.1 Å². The predicted octanol–water partition coefficient (Wildman–Crippen LogP) is 3.70. The van der Waals surface area contributed by atoms with Crippen LogP contribution >= 0.6 is 0 Å². The number of hydrogen-bond acceptors (Lipinski definition) is 5. The summed E-state index contributed by atoms with van der Waals surface area (Å²) in [5.74, 6) is 2.01. The lowest BCUT2D eigenvalue weighted by molar-refractivity contribution is -0.122. The van der Waals surface area contributed by atoms with E-state index in [4.69, 9.17) is 9.26 Å². The fraction of sp³-hybridized carbons (Fsp3) is 0.286. The minimum Gasteiger partial charge on any atom is -0.493 e. The number of hydrogen-bond donors (Lipinski definition) is 1. The van der Waals surface area contributed by atoms with Gasteiger partial charge in [0.15, 0.2) is 0 Å². The zero-order valence-electron chi connectivity index (χ0n) is 14.9. The third kappa shape index (κ3) is 4.16. The maximum absolute atomic E-state index is 12.3. The van der Waals surface area contributed by atoms with Crippen molar-refractivity contribution in [2.75, 3.05) is 6.61 Å². The SMILES string of the molecule is O=C(CCCc1nc(-c2ccccc2)no1)N[C@H]1CCOc2ccccc21. The molecule has 0 fully saturated rings. The van der Waals surface area contributed by atoms with Gasteiger partial charge in [0.1, 0.15) is 5.75 Å². The van der Waals surface area contributed by atoms with E-state index in [-0.39, 0.29) is 11.9 Å². The molecule has 0 saturated heterocycles. The molecule has 4 rings (SSSR count). The Kier molecular flexibility index (Phi) is 5.14. The second-order valence-corrected chi connectivity index (χ2v) is 6.53. The number of amides is 1. The number of aromatic nitrogens is 2. The molecule has 0 radical (unpaired) electrons. The van der Waals surface area contributed by atoms with E-state index in [2.05, 4.69) is 15.5 Å². The summed E-state index contributed by atoms with van der Waals surface area (Å²) in [7, 11) is 0. The van der Waals surface area contributed by atoms with Crippen molar-refractivity contribution in [1.29, 1.82) is 0 Å². The average Bonchev–Trinajstić information content (AvgIpc) is 3.18. The van der Waals surface area contributed by atoms with Gasteiger partial charge in [-0.3, -0.25) is 4.79 Å². The first-order valence-corrected chi connectivity index (χ1v) is 9.19. The van der Waals surface area contributed by atoms with Gasteiger partial charge in [-0.1, -0.05) is 53.7 Å². The van der Waals surface area contributed by atoms with Crippen LogP contribution < -0.4 is 10.1 Å². The van der Waals surface area contributed by atoms with Crippen molar-refractivity contribution < 1.29 is 14.1 Å². The fourth-order valence-electron chi connectivity index (χ4n) is 3.22. The first kappa shape index (κ1) is 17.3. The molecular formula is C21H21N3O3. The third-order valence-corrected chi connectivity index (χ3v) is 4.59. The quantitative estimate of drug-likeness (QED) is 0.722. The van der Waals surface area contributed by atoms with Gasteiger partial charge < -0.3 is 14.6 Å². The van der Waals surface area contributed by atoms with Crippen LogP contribution in [0.3, 0.4) is 0 Å². The van der Waals surface area contributed by atoms with Crippen molar-refractivity contribution in [3.63, 3.8) is 0 Å². The van der Waals surface area contributed by atoms with Crippen molar-refractivity contribution in [2.24, 2.45) is 0 Å². The summed E-state index contributed by atoms with van der Waals surface area (Å²) in [6.07, 6.45) is 2.44. The van der Waals surface area contributed by atoms with E-state index in [1.165, 1.54) is 0 Å². The number of benzene rings is 2. The maximum atomic E-state index is 12.3. The Hall–Kier alpha value is -3.15. The zero-order chi connectivity index (χ0) is 18.5. The Bertz CT molecular complexity index is 908. The smallest absolute Gasteiger partial charge is 0.226 e. The number of nitrogens with one attached hydrogen (secondary N) is 1. The van der Waals surface area contributed by atoms with Crippen LogP contribution in [0.25, 0.3) is 11.4 Å². The molecule has 3 aromatic rings. The normalized spacial score (nSPS) is 15.6. The van der Waals surface area contributed by atoms with Crippen LogP contribution in [-0.4, -0.2) is 22.7 Å². The molecule has 1 atom stereocenters. The lowest BCUT2D eigenvalue weighted by atomic mass is 10.0. The lowest BCUT2D eigenvalue weighted by Crippen LogP contribution is -2.32. The highest BCUT2D eigenvalue weighted by Gasteiger charge is 2.22. The van der Waals surface area contributed by atoms with E-state index in [9.17, 15) is 4.79 Å². The van der Waals surface area contributed by atoms with Crippen LogP contribution in [0, 0.1) is 0 Å². The topological polar surface area (TPSA) is 77.2 Å². The van der Waals surface area contributed by atoms with E-state index >= 15 is 0 Å². The summed E-state index contributed by atoms with van der Waals surface area (Å²) in [4.78, 5) is 16.7. The zero-order valence-corrected chi connectivity index (χ0v) is 14.9. The van der Waals surface area contributed by atoms with E-state index in [1.54, 1.807) is 0 Å². The van der Waals surface area contributed by atoms with Crippen molar-refractivity contribution in [2.45, 2.75) is 31.7 Å². The molecule has 27 heavy (non-hydrogen) atoms. The number of aryl methyl sites for hydroxylation is 1. The first-order chi connectivity index (χ1) is 13.3. The van der Waals surface area contributed by atoms with Gasteiger partial charge in [-0.25, -0.2) is 0 Å². The molecule has 0 bridgehead atoms. The van der Waals surface area contributed by atoms with Gasteiger partial charge in [0.05, 0.1) is 12.6 Å². The second kappa shape index (κ2) is 8.03. The summed E-state index contributed by atoms with van der Waals surface area (Å²) in [5, 5.41) is 7.11. The molecule has 0 unspecified atom stereocenters. The number of rotatable bonds is 6. The first-order valence-electron chi connectivity index (χ1n) is 9.19. The van der Waals surface area contributed by atoms with Gasteiger partial charge in [0.2, 0.25) is 17.6 Å². The average molecular weight is 363 g/mol. The van der Waals surface area contributed by atoms with Crippen LogP contribution in [-0.2, 0) is 11.2 Å². The molecule has 6 heteroatoms. The van der Waals surface area contributed by atoms with E-state index < -0.39 is 0 Å². The van der Waals surface area contributed by atoms with Gasteiger partial charge >= 0.3 is 0 Å². The molecule has 0 spiro atoms. The van der Waals surface area contributed by atoms with Crippen LogP contribution in [0.4, 0.5) is 0 Å². The second-order valence-electron chi connectivity index (χ2n) is 6.53. The van der Waals surface area contributed by atoms with E-state index in [0.29, 0.717) is 37.6 Å². The molecule has 2 heterocycles. The number of carbonyl (C=O) groups excluding carboxylic acids is 1. The molecule has 1 amide bonds. The molecular weight excluding hydrogens is 342 g/mol. The number of carbonyl (C=O) groups is 1. The van der Waals surface area contributed by atoms with Crippen LogP contribution in [0.2, 0.25) is 0 Å². The Morgan fingerprint density at radius 3 is 2.81 bits per heavy atom. The Morgan fingerprint density at radius 1 is 1.11 bits per heavy atom. The summed E-state index contributed by atoms with van der Waals surface area (Å²) in [5.41, 5.74) is 1.96.